The zero-order valence-electron chi connectivity index (χ0n) is 21.0. The van der Waals surface area contributed by atoms with Crippen LogP contribution in [0.25, 0.3) is 0 Å². The normalized spacial score (nSPS) is 22.5. The van der Waals surface area contributed by atoms with E-state index in [9.17, 15) is 10.1 Å². The molecule has 0 N–H and O–H groups in total. The van der Waals surface area contributed by atoms with Crippen LogP contribution >= 0.6 is 0 Å². The van der Waals surface area contributed by atoms with Crippen LogP contribution in [0.2, 0.25) is 0 Å². The molecule has 0 spiro atoms. The van der Waals surface area contributed by atoms with Gasteiger partial charge >= 0.3 is 0 Å². The van der Waals surface area contributed by atoms with Crippen molar-refractivity contribution < 1.29 is 14.4 Å². The lowest BCUT2D eigenvalue weighted by Gasteiger charge is -2.45. The Hall–Kier alpha value is -2.14. The Morgan fingerprint density at radius 1 is 1.33 bits per heavy atom. The molecule has 7 heteroatoms. The third-order valence-corrected chi connectivity index (χ3v) is 7.42. The fraction of sp³-hybridized carbons (Fsp3) is 0.692. The van der Waals surface area contributed by atoms with Gasteiger partial charge in [-0.25, -0.2) is 0 Å². The summed E-state index contributed by atoms with van der Waals surface area (Å²) < 4.78 is 6.14. The quantitative estimate of drug-likeness (QED) is 0.613. The van der Waals surface area contributed by atoms with Gasteiger partial charge in [-0.3, -0.25) is 4.79 Å². The Bertz CT molecular complexity index is 948. The molecule has 1 aromatic carbocycles. The van der Waals surface area contributed by atoms with Crippen molar-refractivity contribution in [2.24, 2.45) is 5.92 Å². The number of likely N-dealkylation sites (N-methyl/N-ethyl adjacent to an activating group) is 1. The first-order chi connectivity index (χ1) is 15.6. The summed E-state index contributed by atoms with van der Waals surface area (Å²) in [6.07, 6.45) is 3.18. The summed E-state index contributed by atoms with van der Waals surface area (Å²) in [6.45, 7) is 11.5. The van der Waals surface area contributed by atoms with Gasteiger partial charge in [0.25, 0.3) is 0 Å². The molecule has 1 aliphatic carbocycles. The number of benzene rings is 1. The molecule has 33 heavy (non-hydrogen) atoms. The average Bonchev–Trinajstić information content (AvgIpc) is 3.62. The first-order valence-electron chi connectivity index (χ1n) is 12.2. The standard InChI is InChI=1S/C26H38N4O3/c1-17(2)24-14-29(9-10-30(24)25(31)15-28(5)32-6)23-11-19(18-7-8-18)22-16-33-26(3,4)12-20(22)21(23)13-27/h11,17-18,24H,7-10,12,14-16H2,1-6H3/t24-/m0/s1. The van der Waals surface area contributed by atoms with Gasteiger partial charge in [-0.15, -0.1) is 0 Å². The third-order valence-electron chi connectivity index (χ3n) is 7.42. The van der Waals surface area contributed by atoms with E-state index < -0.39 is 0 Å². The second kappa shape index (κ2) is 9.25. The zero-order chi connectivity index (χ0) is 23.9. The molecule has 180 valence electrons. The fourth-order valence-electron chi connectivity index (χ4n) is 5.28. The van der Waals surface area contributed by atoms with Gasteiger partial charge in [0.05, 0.1) is 36.6 Å². The van der Waals surface area contributed by atoms with Crippen molar-refractivity contribution in [3.63, 3.8) is 0 Å². The van der Waals surface area contributed by atoms with E-state index in [1.54, 1.807) is 19.2 Å². The van der Waals surface area contributed by atoms with E-state index in [1.807, 2.05) is 4.90 Å². The molecule has 1 aromatic rings. The third kappa shape index (κ3) is 4.89. The smallest absolute Gasteiger partial charge is 0.239 e. The molecule has 0 radical (unpaired) electrons. The number of ether oxygens (including phenoxy) is 1. The second-order valence-electron chi connectivity index (χ2n) is 10.7. The van der Waals surface area contributed by atoms with Crippen LogP contribution in [-0.4, -0.2) is 67.8 Å². The summed E-state index contributed by atoms with van der Waals surface area (Å²) >= 11 is 0. The van der Waals surface area contributed by atoms with Gasteiger partial charge < -0.3 is 19.4 Å². The minimum atomic E-state index is -0.267. The average molecular weight is 455 g/mol. The Morgan fingerprint density at radius 2 is 2.06 bits per heavy atom. The van der Waals surface area contributed by atoms with Gasteiger partial charge in [-0.2, -0.15) is 10.3 Å². The maximum absolute atomic E-state index is 13.0. The molecule has 1 saturated carbocycles. The van der Waals surface area contributed by atoms with Crippen LogP contribution in [0.5, 0.6) is 0 Å². The van der Waals surface area contributed by atoms with Gasteiger partial charge in [-0.1, -0.05) is 13.8 Å². The van der Waals surface area contributed by atoms with E-state index in [0.29, 0.717) is 25.0 Å². The van der Waals surface area contributed by atoms with E-state index >= 15 is 0 Å². The van der Waals surface area contributed by atoms with Gasteiger partial charge in [0, 0.05) is 33.1 Å². The summed E-state index contributed by atoms with van der Waals surface area (Å²) in [5, 5.41) is 11.8. The van der Waals surface area contributed by atoms with E-state index in [1.165, 1.54) is 29.5 Å². The summed E-state index contributed by atoms with van der Waals surface area (Å²) in [5.41, 5.74) is 5.37. The number of piperazine rings is 1. The van der Waals surface area contributed by atoms with Crippen LogP contribution in [0.1, 0.15) is 68.7 Å². The predicted octanol–water partition coefficient (Wildman–Crippen LogP) is 3.45. The number of nitriles is 1. The van der Waals surface area contributed by atoms with Gasteiger partial charge in [0.1, 0.15) is 12.6 Å². The van der Waals surface area contributed by atoms with Crippen molar-refractivity contribution in [2.45, 2.75) is 71.1 Å². The molecule has 3 aliphatic rings. The molecular formula is C26H38N4O3. The summed E-state index contributed by atoms with van der Waals surface area (Å²) in [4.78, 5) is 22.5. The minimum Gasteiger partial charge on any atom is -0.371 e. The van der Waals surface area contributed by atoms with Crippen molar-refractivity contribution in [2.75, 3.05) is 45.2 Å². The Labute approximate surface area is 198 Å². The number of hydroxylamine groups is 2. The molecular weight excluding hydrogens is 416 g/mol. The number of anilines is 1. The number of hydrogen-bond acceptors (Lipinski definition) is 6. The molecule has 2 fully saturated rings. The van der Waals surface area contributed by atoms with E-state index in [0.717, 1.165) is 30.8 Å². The van der Waals surface area contributed by atoms with Gasteiger partial charge in [0.15, 0.2) is 0 Å². The Morgan fingerprint density at radius 3 is 2.67 bits per heavy atom. The van der Waals surface area contributed by atoms with Crippen molar-refractivity contribution in [1.29, 1.82) is 5.26 Å². The van der Waals surface area contributed by atoms with E-state index in [-0.39, 0.29) is 24.1 Å². The van der Waals surface area contributed by atoms with Crippen LogP contribution in [0.4, 0.5) is 5.69 Å². The van der Waals surface area contributed by atoms with Crippen LogP contribution in [0.15, 0.2) is 6.07 Å². The maximum atomic E-state index is 13.0. The Kier molecular flexibility index (Phi) is 6.73. The summed E-state index contributed by atoms with van der Waals surface area (Å²) in [6, 6.07) is 4.91. The zero-order valence-corrected chi connectivity index (χ0v) is 21.0. The summed E-state index contributed by atoms with van der Waals surface area (Å²) in [7, 11) is 3.35. The SMILES string of the molecule is CON(C)CC(=O)N1CCN(c2cc(C3CC3)c3c(c2C#N)CC(C)(C)OC3)C[C@H]1C(C)C. The largest absolute Gasteiger partial charge is 0.371 e. The maximum Gasteiger partial charge on any atom is 0.239 e. The molecule has 7 nitrogen and oxygen atoms in total. The highest BCUT2D eigenvalue weighted by Crippen LogP contribution is 2.47. The lowest BCUT2D eigenvalue weighted by molar-refractivity contribution is -0.154. The molecule has 0 unspecified atom stereocenters. The molecule has 4 rings (SSSR count). The molecule has 0 aromatic heterocycles. The first-order valence-corrected chi connectivity index (χ1v) is 12.2. The number of hydrogen-bond donors (Lipinski definition) is 0. The van der Waals surface area contributed by atoms with Crippen molar-refractivity contribution in [3.8, 4) is 6.07 Å². The monoisotopic (exact) mass is 454 g/mol. The van der Waals surface area contributed by atoms with Crippen LogP contribution in [0, 0.1) is 17.2 Å². The van der Waals surface area contributed by atoms with Gasteiger partial charge in [-0.05, 0) is 61.3 Å². The highest BCUT2D eigenvalue weighted by molar-refractivity contribution is 5.79. The van der Waals surface area contributed by atoms with E-state index in [4.69, 9.17) is 9.57 Å². The van der Waals surface area contributed by atoms with Crippen molar-refractivity contribution in [3.05, 3.63) is 28.3 Å². The Balaban J connectivity index is 1.67. The lowest BCUT2D eigenvalue weighted by Crippen LogP contribution is -2.58. The number of nitrogens with zero attached hydrogens (tertiary/aromatic N) is 4. The van der Waals surface area contributed by atoms with Crippen LogP contribution < -0.4 is 4.90 Å². The van der Waals surface area contributed by atoms with Crippen molar-refractivity contribution >= 4 is 11.6 Å². The predicted molar refractivity (Wildman–Crippen MR) is 128 cm³/mol. The van der Waals surface area contributed by atoms with Crippen LogP contribution in [0.3, 0.4) is 0 Å². The van der Waals surface area contributed by atoms with Crippen LogP contribution in [-0.2, 0) is 27.4 Å². The topological polar surface area (TPSA) is 69.0 Å². The number of amides is 1. The van der Waals surface area contributed by atoms with Gasteiger partial charge in [0.2, 0.25) is 5.91 Å². The molecule has 1 amide bonds. The minimum absolute atomic E-state index is 0.0845. The highest BCUT2D eigenvalue weighted by atomic mass is 16.7. The number of rotatable bonds is 6. The summed E-state index contributed by atoms with van der Waals surface area (Å²) in [5.74, 6) is 0.979. The number of carbonyl (C=O) groups is 1. The lowest BCUT2D eigenvalue weighted by atomic mass is 9.83. The molecule has 2 aliphatic heterocycles. The van der Waals surface area contributed by atoms with Crippen molar-refractivity contribution in [1.82, 2.24) is 9.96 Å². The highest BCUT2D eigenvalue weighted by Gasteiger charge is 2.38. The fourth-order valence-corrected chi connectivity index (χ4v) is 5.28. The molecule has 2 heterocycles. The first kappa shape index (κ1) is 24.0. The van der Waals surface area contributed by atoms with E-state index in [2.05, 4.69) is 44.7 Å². The number of carbonyl (C=O) groups excluding carboxylic acids is 1. The molecule has 0 bridgehead atoms. The molecule has 1 atom stereocenters. The second-order valence-corrected chi connectivity index (χ2v) is 10.7. The number of fused-ring (bicyclic) bond motifs is 1. The molecule has 1 saturated heterocycles.